The van der Waals surface area contributed by atoms with E-state index in [9.17, 15) is 9.59 Å². The zero-order valence-electron chi connectivity index (χ0n) is 24.0. The second-order valence-electron chi connectivity index (χ2n) is 10.9. The zero-order valence-corrected chi connectivity index (χ0v) is 24.0. The predicted molar refractivity (Wildman–Crippen MR) is 150 cm³/mol. The molecule has 1 spiro atoms. The van der Waals surface area contributed by atoms with Crippen molar-refractivity contribution in [2.24, 2.45) is 17.8 Å². The van der Waals surface area contributed by atoms with Crippen LogP contribution in [-0.4, -0.2) is 93.0 Å². The highest BCUT2D eigenvalue weighted by molar-refractivity contribution is 5.95. The summed E-state index contributed by atoms with van der Waals surface area (Å²) in [7, 11) is 0. The summed E-state index contributed by atoms with van der Waals surface area (Å²) in [6.45, 7) is 9.82. The lowest BCUT2D eigenvalue weighted by atomic mass is 9.79. The van der Waals surface area contributed by atoms with E-state index in [-0.39, 0.29) is 36.2 Å². The Morgan fingerprint density at radius 2 is 1.82 bits per heavy atom. The smallest absolute Gasteiger partial charge is 0.288 e. The second kappa shape index (κ2) is 14.3. The number of piperidine rings is 1. The second-order valence-corrected chi connectivity index (χ2v) is 10.9. The van der Waals surface area contributed by atoms with Gasteiger partial charge >= 0.3 is 0 Å². The number of likely N-dealkylation sites (tertiary alicyclic amines) is 1. The van der Waals surface area contributed by atoms with Crippen molar-refractivity contribution < 1.29 is 33.6 Å². The van der Waals surface area contributed by atoms with Gasteiger partial charge in [-0.2, -0.15) is 0 Å². The first-order valence-electron chi connectivity index (χ1n) is 14.6. The SMILES string of the molecule is CCO[C@H]1OC(C(=O)N2CCC3(CC2)C(=O)NCN3c2ccccc2)=C[C@@H](C(C)C)[C@@H]1CCOCCOCCO. The summed E-state index contributed by atoms with van der Waals surface area (Å²) in [5, 5.41) is 11.8. The molecule has 3 heterocycles. The molecule has 10 heteroatoms. The van der Waals surface area contributed by atoms with Gasteiger partial charge in [-0.25, -0.2) is 0 Å². The molecule has 2 saturated heterocycles. The number of carbonyl (C=O) groups is 2. The molecule has 3 aliphatic heterocycles. The van der Waals surface area contributed by atoms with E-state index in [4.69, 9.17) is 24.1 Å². The lowest BCUT2D eigenvalue weighted by Crippen LogP contribution is -2.57. The van der Waals surface area contributed by atoms with Crippen LogP contribution in [0.3, 0.4) is 0 Å². The number of anilines is 1. The number of aliphatic hydroxyl groups excluding tert-OH is 1. The summed E-state index contributed by atoms with van der Waals surface area (Å²) in [5.74, 6) is 0.616. The number of allylic oxidation sites excluding steroid dienone is 1. The van der Waals surface area contributed by atoms with Gasteiger partial charge in [0.2, 0.25) is 12.2 Å². The third-order valence-electron chi connectivity index (χ3n) is 8.23. The average Bonchev–Trinajstić information content (AvgIpc) is 3.28. The van der Waals surface area contributed by atoms with Crippen LogP contribution in [0.1, 0.15) is 40.0 Å². The molecule has 2 amide bonds. The van der Waals surface area contributed by atoms with Gasteiger partial charge in [0.1, 0.15) is 5.54 Å². The highest BCUT2D eigenvalue weighted by Crippen LogP contribution is 2.39. The molecule has 0 unspecified atom stereocenters. The topological polar surface area (TPSA) is 110 Å². The van der Waals surface area contributed by atoms with E-state index in [1.54, 1.807) is 0 Å². The fraction of sp³-hybridized carbons (Fsp3) is 0.667. The quantitative estimate of drug-likeness (QED) is 0.355. The van der Waals surface area contributed by atoms with Crippen LogP contribution < -0.4 is 10.2 Å². The van der Waals surface area contributed by atoms with Crippen molar-refractivity contribution in [1.82, 2.24) is 10.2 Å². The van der Waals surface area contributed by atoms with Crippen LogP contribution >= 0.6 is 0 Å². The van der Waals surface area contributed by atoms with E-state index in [0.29, 0.717) is 71.4 Å². The molecule has 2 fully saturated rings. The minimum Gasteiger partial charge on any atom is -0.459 e. The third-order valence-corrected chi connectivity index (χ3v) is 8.23. The highest BCUT2D eigenvalue weighted by Gasteiger charge is 2.51. The minimum absolute atomic E-state index is 0.00132. The molecule has 40 heavy (non-hydrogen) atoms. The summed E-state index contributed by atoms with van der Waals surface area (Å²) in [4.78, 5) is 30.7. The first-order valence-corrected chi connectivity index (χ1v) is 14.6. The molecule has 3 atom stereocenters. The molecule has 0 aromatic heterocycles. The number of nitrogens with one attached hydrogen (secondary N) is 1. The number of para-hydroxylation sites is 1. The molecular formula is C30H45N3O7. The Hall–Kier alpha value is -2.66. The van der Waals surface area contributed by atoms with E-state index in [1.807, 2.05) is 48.2 Å². The molecule has 0 radical (unpaired) electrons. The summed E-state index contributed by atoms with van der Waals surface area (Å²) in [6.07, 6.45) is 3.26. The monoisotopic (exact) mass is 559 g/mol. The van der Waals surface area contributed by atoms with Crippen LogP contribution in [0.15, 0.2) is 42.2 Å². The van der Waals surface area contributed by atoms with Crippen molar-refractivity contribution in [3.63, 3.8) is 0 Å². The van der Waals surface area contributed by atoms with Gasteiger partial charge in [-0.3, -0.25) is 9.59 Å². The van der Waals surface area contributed by atoms with Crippen LogP contribution in [0, 0.1) is 17.8 Å². The molecule has 222 valence electrons. The van der Waals surface area contributed by atoms with Gasteiger partial charge in [-0.05, 0) is 56.2 Å². The van der Waals surface area contributed by atoms with Crippen molar-refractivity contribution in [1.29, 1.82) is 0 Å². The van der Waals surface area contributed by atoms with Crippen molar-refractivity contribution >= 4 is 17.5 Å². The number of nitrogens with zero attached hydrogens (tertiary/aromatic N) is 2. The summed E-state index contributed by atoms with van der Waals surface area (Å²) >= 11 is 0. The van der Waals surface area contributed by atoms with E-state index < -0.39 is 11.8 Å². The first kappa shape index (κ1) is 30.3. The summed E-state index contributed by atoms with van der Waals surface area (Å²) in [5.41, 5.74) is 0.355. The van der Waals surface area contributed by atoms with Gasteiger partial charge in [0, 0.05) is 37.9 Å². The first-order chi connectivity index (χ1) is 19.4. The maximum absolute atomic E-state index is 13.7. The molecular weight excluding hydrogens is 514 g/mol. The van der Waals surface area contributed by atoms with Gasteiger partial charge in [-0.15, -0.1) is 0 Å². The number of amides is 2. The average molecular weight is 560 g/mol. The van der Waals surface area contributed by atoms with Crippen molar-refractivity contribution in [3.8, 4) is 0 Å². The van der Waals surface area contributed by atoms with Gasteiger partial charge in [0.25, 0.3) is 5.91 Å². The van der Waals surface area contributed by atoms with E-state index in [1.165, 1.54) is 0 Å². The van der Waals surface area contributed by atoms with Crippen LogP contribution in [-0.2, 0) is 28.5 Å². The van der Waals surface area contributed by atoms with E-state index >= 15 is 0 Å². The Kier molecular flexibility index (Phi) is 10.8. The third kappa shape index (κ3) is 6.79. The molecule has 0 saturated carbocycles. The fourth-order valence-electron chi connectivity index (χ4n) is 6.06. The Balaban J connectivity index is 1.40. The molecule has 10 nitrogen and oxygen atoms in total. The van der Waals surface area contributed by atoms with Gasteiger partial charge < -0.3 is 39.2 Å². The van der Waals surface area contributed by atoms with Gasteiger partial charge in [0.15, 0.2) is 5.76 Å². The Bertz CT molecular complexity index is 994. The summed E-state index contributed by atoms with van der Waals surface area (Å²) < 4.78 is 23.2. The fourth-order valence-corrected chi connectivity index (χ4v) is 6.06. The molecule has 2 N–H and O–H groups in total. The van der Waals surface area contributed by atoms with Crippen molar-refractivity contribution in [2.45, 2.75) is 51.9 Å². The minimum atomic E-state index is -0.650. The lowest BCUT2D eigenvalue weighted by molar-refractivity contribution is -0.180. The molecule has 1 aromatic carbocycles. The van der Waals surface area contributed by atoms with Gasteiger partial charge in [-0.1, -0.05) is 32.0 Å². The maximum atomic E-state index is 13.7. The zero-order chi connectivity index (χ0) is 28.5. The molecule has 0 aliphatic carbocycles. The predicted octanol–water partition coefficient (Wildman–Crippen LogP) is 2.52. The summed E-state index contributed by atoms with van der Waals surface area (Å²) in [6, 6.07) is 9.96. The lowest BCUT2D eigenvalue weighted by Gasteiger charge is -2.44. The molecule has 0 bridgehead atoms. The van der Waals surface area contributed by atoms with Gasteiger partial charge in [0.05, 0.1) is 33.1 Å². The molecule has 1 aromatic rings. The van der Waals surface area contributed by atoms with Crippen LogP contribution in [0.4, 0.5) is 5.69 Å². The van der Waals surface area contributed by atoms with Crippen molar-refractivity contribution in [3.05, 3.63) is 42.2 Å². The van der Waals surface area contributed by atoms with Crippen molar-refractivity contribution in [2.75, 3.05) is 64.3 Å². The number of hydrogen-bond donors (Lipinski definition) is 2. The Labute approximate surface area is 237 Å². The van der Waals surface area contributed by atoms with E-state index in [0.717, 1.165) is 12.1 Å². The Morgan fingerprint density at radius 3 is 2.48 bits per heavy atom. The molecule has 4 rings (SSSR count). The Morgan fingerprint density at radius 1 is 1.12 bits per heavy atom. The number of rotatable bonds is 13. The highest BCUT2D eigenvalue weighted by atomic mass is 16.7. The normalized spacial score (nSPS) is 24.3. The van der Waals surface area contributed by atoms with Crippen LogP contribution in [0.25, 0.3) is 0 Å². The number of benzene rings is 1. The largest absolute Gasteiger partial charge is 0.459 e. The number of carbonyl (C=O) groups excluding carboxylic acids is 2. The van der Waals surface area contributed by atoms with E-state index in [2.05, 4.69) is 24.1 Å². The number of aliphatic hydroxyl groups is 1. The van der Waals surface area contributed by atoms with Crippen LogP contribution in [0.5, 0.6) is 0 Å². The molecule has 3 aliphatic rings. The van der Waals surface area contributed by atoms with Crippen LogP contribution in [0.2, 0.25) is 0 Å². The number of hydrogen-bond acceptors (Lipinski definition) is 8. The number of ether oxygens (including phenoxy) is 4. The maximum Gasteiger partial charge on any atom is 0.288 e. The standard InChI is InChI=1S/C30H45N3O7/c1-4-39-28-24(10-16-37-18-19-38-17-15-34)25(22(2)3)20-26(40-28)27(35)32-13-11-30(12-14-32)29(36)31-21-33(30)23-8-6-5-7-9-23/h5-9,20,22,24-25,28,34H,4,10-19,21H2,1-3H3,(H,31,36)/t24-,25-,28-/m0/s1.